The molecule has 0 aromatic heterocycles. The van der Waals surface area contributed by atoms with Gasteiger partial charge in [0.1, 0.15) is 37.3 Å². The summed E-state index contributed by atoms with van der Waals surface area (Å²) in [6.45, 7) is 37.1. The van der Waals surface area contributed by atoms with E-state index in [1.165, 1.54) is 11.1 Å². The van der Waals surface area contributed by atoms with Crippen LogP contribution in [0.4, 0.5) is 0 Å². The lowest BCUT2D eigenvalue weighted by Crippen LogP contribution is -2.42. The minimum Gasteiger partial charge on any atom is -0.498 e. The van der Waals surface area contributed by atoms with Gasteiger partial charge in [-0.1, -0.05) is 151 Å². The topological polar surface area (TPSA) is 46.2 Å². The molecule has 0 N–H and O–H groups in total. The highest BCUT2D eigenvalue weighted by Crippen LogP contribution is 2.47. The molecule has 0 heterocycles. The lowest BCUT2D eigenvalue weighted by Gasteiger charge is -2.45. The van der Waals surface area contributed by atoms with Crippen LogP contribution in [-0.4, -0.2) is 38.1 Å². The molecule has 0 radical (unpaired) electrons. The molecule has 0 fully saturated rings. The highest BCUT2D eigenvalue weighted by atomic mass is 16.5. The van der Waals surface area contributed by atoms with E-state index in [9.17, 15) is 0 Å². The molecule has 0 saturated carbocycles. The average Bonchev–Trinajstić information content (AvgIpc) is 3.08. The van der Waals surface area contributed by atoms with Crippen molar-refractivity contribution in [2.75, 3.05) is 19.8 Å². The first-order chi connectivity index (χ1) is 25.9. The number of hydrogen-bond donors (Lipinski definition) is 0. The zero-order valence-electron chi connectivity index (χ0n) is 38.9. The van der Waals surface area contributed by atoms with Crippen LogP contribution < -0.4 is 0 Å². The molecule has 320 valence electrons. The van der Waals surface area contributed by atoms with Crippen LogP contribution in [0, 0.1) is 32.5 Å². The first kappa shape index (κ1) is 49.5. The van der Waals surface area contributed by atoms with Crippen molar-refractivity contribution < 1.29 is 23.7 Å². The smallest absolute Gasteiger partial charge is 0.118 e. The summed E-state index contributed by atoms with van der Waals surface area (Å²) >= 11 is 0. The Bertz CT molecular complexity index is 1350. The number of hydrogen-bond acceptors (Lipinski definition) is 5. The van der Waals surface area contributed by atoms with Crippen molar-refractivity contribution in [3.05, 3.63) is 84.7 Å². The van der Waals surface area contributed by atoms with Gasteiger partial charge in [-0.2, -0.15) is 0 Å². The van der Waals surface area contributed by atoms with Gasteiger partial charge in [-0.15, -0.1) is 0 Å². The second-order valence-corrected chi connectivity index (χ2v) is 21.8. The van der Waals surface area contributed by atoms with Crippen LogP contribution in [0.1, 0.15) is 167 Å². The SMILES string of the molecule is CCOC(CC(C)(C)C)C(C)(C)CC(C)(C)CC(O/C=C/OCCC1=CC=CCC1)C(C)(C)CCC(C)(C)CC(O/C=C\OCCc1ccccc1)C(C)(C)C. The summed E-state index contributed by atoms with van der Waals surface area (Å²) in [5.74, 6) is 0. The van der Waals surface area contributed by atoms with Crippen LogP contribution >= 0.6 is 0 Å². The zero-order valence-corrected chi connectivity index (χ0v) is 38.9. The molecule has 1 aliphatic carbocycles. The van der Waals surface area contributed by atoms with Crippen molar-refractivity contribution in [3.63, 3.8) is 0 Å². The first-order valence-corrected chi connectivity index (χ1v) is 21.8. The number of benzene rings is 1. The van der Waals surface area contributed by atoms with Gasteiger partial charge in [0.2, 0.25) is 0 Å². The van der Waals surface area contributed by atoms with Gasteiger partial charge in [0.05, 0.1) is 19.3 Å². The summed E-state index contributed by atoms with van der Waals surface area (Å²) in [5, 5.41) is 0. The van der Waals surface area contributed by atoms with Crippen LogP contribution in [0.15, 0.2) is 79.2 Å². The molecule has 5 nitrogen and oxygen atoms in total. The summed E-state index contributed by atoms with van der Waals surface area (Å²) in [5.41, 5.74) is 2.89. The van der Waals surface area contributed by atoms with E-state index in [-0.39, 0.29) is 50.8 Å². The van der Waals surface area contributed by atoms with Crippen molar-refractivity contribution in [3.8, 4) is 0 Å². The largest absolute Gasteiger partial charge is 0.498 e. The molecule has 0 saturated heterocycles. The van der Waals surface area contributed by atoms with E-state index in [4.69, 9.17) is 23.7 Å². The number of allylic oxidation sites excluding steroid dienone is 3. The van der Waals surface area contributed by atoms with Crippen molar-refractivity contribution in [1.82, 2.24) is 0 Å². The molecule has 0 spiro atoms. The molecule has 2 rings (SSSR count). The van der Waals surface area contributed by atoms with E-state index >= 15 is 0 Å². The van der Waals surface area contributed by atoms with E-state index in [0.29, 0.717) is 13.2 Å². The molecule has 1 aromatic rings. The van der Waals surface area contributed by atoms with Gasteiger partial charge in [-0.3, -0.25) is 0 Å². The molecule has 0 bridgehead atoms. The highest BCUT2D eigenvalue weighted by Gasteiger charge is 2.42. The first-order valence-electron chi connectivity index (χ1n) is 21.8. The quantitative estimate of drug-likeness (QED) is 0.0692. The Hall–Kier alpha value is -2.66. The third kappa shape index (κ3) is 20.2. The van der Waals surface area contributed by atoms with E-state index in [1.54, 1.807) is 18.8 Å². The van der Waals surface area contributed by atoms with Crippen LogP contribution in [0.5, 0.6) is 0 Å². The zero-order chi connectivity index (χ0) is 42.1. The van der Waals surface area contributed by atoms with Crippen LogP contribution in [-0.2, 0) is 30.1 Å². The van der Waals surface area contributed by atoms with Gasteiger partial charge < -0.3 is 23.7 Å². The molecule has 0 aliphatic heterocycles. The number of rotatable bonds is 26. The molecule has 56 heavy (non-hydrogen) atoms. The Morgan fingerprint density at radius 2 is 1.21 bits per heavy atom. The predicted octanol–water partition coefficient (Wildman–Crippen LogP) is 14.6. The minimum absolute atomic E-state index is 0.00827. The molecular weight excluding hydrogens is 693 g/mol. The summed E-state index contributed by atoms with van der Waals surface area (Å²) in [6, 6.07) is 10.4. The van der Waals surface area contributed by atoms with E-state index in [2.05, 4.69) is 146 Å². The van der Waals surface area contributed by atoms with Gasteiger partial charge in [-0.25, -0.2) is 0 Å². The molecular formula is C51H86O5. The second kappa shape index (κ2) is 22.5. The lowest BCUT2D eigenvalue weighted by molar-refractivity contribution is -0.0711. The van der Waals surface area contributed by atoms with Crippen molar-refractivity contribution in [2.24, 2.45) is 32.5 Å². The van der Waals surface area contributed by atoms with Gasteiger partial charge >= 0.3 is 0 Å². The Labute approximate surface area is 346 Å². The number of ether oxygens (including phenoxy) is 5. The molecule has 3 atom stereocenters. The van der Waals surface area contributed by atoms with Crippen LogP contribution in [0.3, 0.4) is 0 Å². The van der Waals surface area contributed by atoms with Gasteiger partial charge in [0.25, 0.3) is 0 Å². The van der Waals surface area contributed by atoms with Gasteiger partial charge in [-0.05, 0) is 90.9 Å². The maximum absolute atomic E-state index is 6.74. The molecule has 0 amide bonds. The molecule has 1 aliphatic rings. The normalized spacial score (nSPS) is 16.5. The maximum atomic E-state index is 6.74. The fourth-order valence-corrected chi connectivity index (χ4v) is 8.07. The van der Waals surface area contributed by atoms with Crippen LogP contribution in [0.25, 0.3) is 0 Å². The van der Waals surface area contributed by atoms with Gasteiger partial charge in [0.15, 0.2) is 0 Å². The maximum Gasteiger partial charge on any atom is 0.118 e. The fourth-order valence-electron chi connectivity index (χ4n) is 8.07. The summed E-state index contributed by atoms with van der Waals surface area (Å²) in [4.78, 5) is 0. The van der Waals surface area contributed by atoms with Crippen molar-refractivity contribution >= 4 is 0 Å². The standard InChI is InChI=1S/C51H86O5/c1-16-54-44(37-46(2,3)4)51(14,15)40-49(10,11)39-45(56-36-34-53-32-28-42-25-21-18-22-26-42)50(12,13)30-29-48(8,9)38-43(47(5,6)7)55-35-33-52-31-27-41-23-19-17-20-24-41/h17-21,23-25,33-36,43-45H,16,22,26-32,37-40H2,1-15H3/b35-33-,36-34+. The second-order valence-electron chi connectivity index (χ2n) is 21.8. The Morgan fingerprint density at radius 1 is 0.625 bits per heavy atom. The molecule has 5 heteroatoms. The Kier molecular flexibility index (Phi) is 19.9. The monoisotopic (exact) mass is 779 g/mol. The Morgan fingerprint density at radius 3 is 1.77 bits per heavy atom. The van der Waals surface area contributed by atoms with E-state index in [0.717, 1.165) is 70.8 Å². The highest BCUT2D eigenvalue weighted by molar-refractivity contribution is 5.17. The Balaban J connectivity index is 2.15. The third-order valence-electron chi connectivity index (χ3n) is 11.5. The molecule has 1 aromatic carbocycles. The lowest BCUT2D eigenvalue weighted by atomic mass is 9.64. The summed E-state index contributed by atoms with van der Waals surface area (Å²) < 4.78 is 31.4. The van der Waals surface area contributed by atoms with E-state index < -0.39 is 0 Å². The molecule has 3 unspecified atom stereocenters. The van der Waals surface area contributed by atoms with Crippen molar-refractivity contribution in [1.29, 1.82) is 0 Å². The average molecular weight is 779 g/mol. The summed E-state index contributed by atoms with van der Waals surface area (Å²) in [7, 11) is 0. The summed E-state index contributed by atoms with van der Waals surface area (Å²) in [6.07, 6.45) is 24.0. The van der Waals surface area contributed by atoms with E-state index in [1.807, 2.05) is 12.3 Å². The third-order valence-corrected chi connectivity index (χ3v) is 11.5. The van der Waals surface area contributed by atoms with Crippen LogP contribution in [0.2, 0.25) is 0 Å². The predicted molar refractivity (Wildman–Crippen MR) is 238 cm³/mol. The minimum atomic E-state index is -0.0857. The van der Waals surface area contributed by atoms with Crippen molar-refractivity contribution in [2.45, 2.75) is 186 Å². The van der Waals surface area contributed by atoms with Gasteiger partial charge in [0, 0.05) is 24.9 Å². The fraction of sp³-hybridized carbons (Fsp3) is 0.725.